The molecular formula is C6H9BrF3NO. The maximum atomic E-state index is 11.5. The fraction of sp³-hybridized carbons (Fsp3) is 0.833. The van der Waals surface area contributed by atoms with Crippen LogP contribution in [-0.2, 0) is 4.79 Å². The second kappa shape index (κ2) is 5.40. The van der Waals surface area contributed by atoms with Crippen molar-refractivity contribution in [3.63, 3.8) is 0 Å². The van der Waals surface area contributed by atoms with Gasteiger partial charge in [0.05, 0.1) is 6.42 Å². The van der Waals surface area contributed by atoms with Crippen LogP contribution in [0.5, 0.6) is 0 Å². The van der Waals surface area contributed by atoms with E-state index in [-0.39, 0.29) is 18.9 Å². The molecule has 0 aromatic heterocycles. The van der Waals surface area contributed by atoms with E-state index >= 15 is 0 Å². The molecule has 2 nitrogen and oxygen atoms in total. The maximum absolute atomic E-state index is 11.5. The van der Waals surface area contributed by atoms with Gasteiger partial charge in [-0.1, -0.05) is 15.9 Å². The third kappa shape index (κ3) is 7.84. The molecule has 12 heavy (non-hydrogen) atoms. The second-order valence-corrected chi connectivity index (χ2v) is 2.95. The van der Waals surface area contributed by atoms with Gasteiger partial charge in [-0.05, 0) is 0 Å². The number of hydrogen-bond donors (Lipinski definition) is 1. The molecule has 1 N–H and O–H groups in total. The highest BCUT2D eigenvalue weighted by atomic mass is 79.9. The Morgan fingerprint density at radius 2 is 2.00 bits per heavy atom. The standard InChI is InChI=1S/C6H9BrF3NO/c7-3-1-5(12)11-4-2-6(8,9)10/h1-4H2,(H,11,12). The van der Waals surface area contributed by atoms with E-state index < -0.39 is 12.6 Å². The fourth-order valence-corrected chi connectivity index (χ4v) is 0.878. The van der Waals surface area contributed by atoms with E-state index in [4.69, 9.17) is 0 Å². The highest BCUT2D eigenvalue weighted by Crippen LogP contribution is 2.18. The van der Waals surface area contributed by atoms with Crippen molar-refractivity contribution >= 4 is 21.8 Å². The minimum absolute atomic E-state index is 0.206. The van der Waals surface area contributed by atoms with E-state index in [1.165, 1.54) is 0 Å². The first-order chi connectivity index (χ1) is 5.45. The number of alkyl halides is 4. The third-order valence-electron chi connectivity index (χ3n) is 1.05. The monoisotopic (exact) mass is 247 g/mol. The first kappa shape index (κ1) is 11.7. The van der Waals surface area contributed by atoms with Gasteiger partial charge in [0.25, 0.3) is 0 Å². The Hall–Kier alpha value is -0.260. The van der Waals surface area contributed by atoms with E-state index in [1.807, 2.05) is 0 Å². The van der Waals surface area contributed by atoms with Crippen molar-refractivity contribution in [3.05, 3.63) is 0 Å². The van der Waals surface area contributed by atoms with Gasteiger partial charge in [-0.2, -0.15) is 13.2 Å². The number of hydrogen-bond acceptors (Lipinski definition) is 1. The van der Waals surface area contributed by atoms with Crippen LogP contribution in [0.1, 0.15) is 12.8 Å². The number of carbonyl (C=O) groups excluding carboxylic acids is 1. The largest absolute Gasteiger partial charge is 0.390 e. The Labute approximate surface area is 76.6 Å². The molecular weight excluding hydrogens is 239 g/mol. The average molecular weight is 248 g/mol. The van der Waals surface area contributed by atoms with Crippen molar-refractivity contribution in [1.29, 1.82) is 0 Å². The summed E-state index contributed by atoms with van der Waals surface area (Å²) in [6, 6.07) is 0. The summed E-state index contributed by atoms with van der Waals surface area (Å²) in [5, 5.41) is 2.61. The average Bonchev–Trinajstić information content (AvgIpc) is 1.84. The molecule has 0 rings (SSSR count). The Balaban J connectivity index is 3.37. The minimum Gasteiger partial charge on any atom is -0.356 e. The van der Waals surface area contributed by atoms with Gasteiger partial charge in [-0.3, -0.25) is 4.79 Å². The zero-order valence-corrected chi connectivity index (χ0v) is 7.83. The Morgan fingerprint density at radius 1 is 1.42 bits per heavy atom. The van der Waals surface area contributed by atoms with Gasteiger partial charge in [-0.25, -0.2) is 0 Å². The van der Waals surface area contributed by atoms with Gasteiger partial charge in [-0.15, -0.1) is 0 Å². The number of carbonyl (C=O) groups is 1. The fourth-order valence-electron chi connectivity index (χ4n) is 0.518. The smallest absolute Gasteiger partial charge is 0.356 e. The Kier molecular flexibility index (Phi) is 5.28. The van der Waals surface area contributed by atoms with E-state index in [9.17, 15) is 18.0 Å². The summed E-state index contributed by atoms with van der Waals surface area (Å²) in [5.74, 6) is -0.365. The van der Waals surface area contributed by atoms with Crippen molar-refractivity contribution in [2.24, 2.45) is 0 Å². The van der Waals surface area contributed by atoms with E-state index in [2.05, 4.69) is 21.2 Å². The molecule has 0 aromatic carbocycles. The molecule has 0 atom stereocenters. The van der Waals surface area contributed by atoms with Crippen LogP contribution in [-0.4, -0.2) is 24.0 Å². The predicted octanol–water partition coefficient (Wildman–Crippen LogP) is 1.84. The molecule has 0 saturated heterocycles. The lowest BCUT2D eigenvalue weighted by Gasteiger charge is -2.06. The van der Waals surface area contributed by atoms with Crippen molar-refractivity contribution < 1.29 is 18.0 Å². The topological polar surface area (TPSA) is 29.1 Å². The van der Waals surface area contributed by atoms with Gasteiger partial charge < -0.3 is 5.32 Å². The summed E-state index contributed by atoms with van der Waals surface area (Å²) in [5.41, 5.74) is 0. The third-order valence-corrected chi connectivity index (χ3v) is 1.45. The van der Waals surface area contributed by atoms with Crippen molar-refractivity contribution in [2.45, 2.75) is 19.0 Å². The quantitative estimate of drug-likeness (QED) is 0.755. The summed E-state index contributed by atoms with van der Waals surface area (Å²) in [6.07, 6.45) is -4.96. The van der Waals surface area contributed by atoms with Crippen LogP contribution in [0.15, 0.2) is 0 Å². The van der Waals surface area contributed by atoms with Crippen LogP contribution < -0.4 is 5.32 Å². The molecule has 0 aliphatic heterocycles. The lowest BCUT2D eigenvalue weighted by molar-refractivity contribution is -0.135. The van der Waals surface area contributed by atoms with Gasteiger partial charge >= 0.3 is 6.18 Å². The molecule has 72 valence electrons. The molecule has 0 heterocycles. The molecule has 1 amide bonds. The number of nitrogens with one attached hydrogen (secondary N) is 1. The van der Waals surface area contributed by atoms with Crippen molar-refractivity contribution in [2.75, 3.05) is 11.9 Å². The maximum Gasteiger partial charge on any atom is 0.390 e. The summed E-state index contributed by atoms with van der Waals surface area (Å²) in [4.78, 5) is 10.6. The summed E-state index contributed by atoms with van der Waals surface area (Å²) in [6.45, 7) is -0.338. The highest BCUT2D eigenvalue weighted by Gasteiger charge is 2.26. The molecule has 0 aliphatic carbocycles. The number of halogens is 4. The summed E-state index contributed by atoms with van der Waals surface area (Å²) < 4.78 is 34.6. The van der Waals surface area contributed by atoms with Gasteiger partial charge in [0.2, 0.25) is 5.91 Å². The summed E-state index contributed by atoms with van der Waals surface area (Å²) >= 11 is 3.00. The minimum atomic E-state index is -4.19. The van der Waals surface area contributed by atoms with E-state index in [0.717, 1.165) is 0 Å². The first-order valence-electron chi connectivity index (χ1n) is 3.35. The Morgan fingerprint density at radius 3 is 2.42 bits per heavy atom. The van der Waals surface area contributed by atoms with Crippen LogP contribution >= 0.6 is 15.9 Å². The number of amides is 1. The lowest BCUT2D eigenvalue weighted by atomic mass is 10.4. The van der Waals surface area contributed by atoms with Gasteiger partial charge in [0, 0.05) is 18.3 Å². The predicted molar refractivity (Wildman–Crippen MR) is 42.1 cm³/mol. The van der Waals surface area contributed by atoms with Gasteiger partial charge in [0.15, 0.2) is 0 Å². The molecule has 0 aromatic rings. The molecule has 0 saturated carbocycles. The first-order valence-corrected chi connectivity index (χ1v) is 4.47. The lowest BCUT2D eigenvalue weighted by Crippen LogP contribution is -2.27. The molecule has 0 unspecified atom stereocenters. The summed E-state index contributed by atoms with van der Waals surface area (Å²) in [7, 11) is 0. The molecule has 0 radical (unpaired) electrons. The molecule has 0 aliphatic rings. The van der Waals surface area contributed by atoms with Crippen LogP contribution in [0.25, 0.3) is 0 Å². The van der Waals surface area contributed by atoms with Crippen LogP contribution in [0.4, 0.5) is 13.2 Å². The Bertz CT molecular complexity index is 148. The van der Waals surface area contributed by atoms with Gasteiger partial charge in [0.1, 0.15) is 0 Å². The normalized spacial score (nSPS) is 11.3. The van der Waals surface area contributed by atoms with Crippen LogP contribution in [0, 0.1) is 0 Å². The van der Waals surface area contributed by atoms with Crippen molar-refractivity contribution in [1.82, 2.24) is 5.32 Å². The highest BCUT2D eigenvalue weighted by molar-refractivity contribution is 9.09. The molecule has 0 bridgehead atoms. The van der Waals surface area contributed by atoms with Crippen LogP contribution in [0.2, 0.25) is 0 Å². The second-order valence-electron chi connectivity index (χ2n) is 2.15. The van der Waals surface area contributed by atoms with Crippen molar-refractivity contribution in [3.8, 4) is 0 Å². The van der Waals surface area contributed by atoms with Crippen LogP contribution in [0.3, 0.4) is 0 Å². The van der Waals surface area contributed by atoms with E-state index in [0.29, 0.717) is 5.33 Å². The molecule has 0 spiro atoms. The molecule has 6 heteroatoms. The SMILES string of the molecule is O=C(CCBr)NCCC(F)(F)F. The zero-order valence-electron chi connectivity index (χ0n) is 6.25. The van der Waals surface area contributed by atoms with E-state index in [1.54, 1.807) is 0 Å². The molecule has 0 fully saturated rings. The zero-order chi connectivity index (χ0) is 9.61. The number of rotatable bonds is 4.